The smallest absolute Gasteiger partial charge is 0.103 e. The van der Waals surface area contributed by atoms with Gasteiger partial charge in [0.1, 0.15) is 12.2 Å². The topological polar surface area (TPSA) is 9.23 Å². The summed E-state index contributed by atoms with van der Waals surface area (Å²) >= 11 is 0. The molecular formula is C16H24O. The van der Waals surface area contributed by atoms with Crippen molar-refractivity contribution in [2.45, 2.75) is 53.8 Å². The Balaban J connectivity index is 0.000000330. The predicted molar refractivity (Wildman–Crippen MR) is 74.3 cm³/mol. The van der Waals surface area contributed by atoms with E-state index < -0.39 is 0 Å². The van der Waals surface area contributed by atoms with Gasteiger partial charge in [0, 0.05) is 0 Å². The van der Waals surface area contributed by atoms with Crippen molar-refractivity contribution in [1.29, 1.82) is 0 Å². The maximum absolute atomic E-state index is 5.79. The maximum Gasteiger partial charge on any atom is 0.103 e. The Morgan fingerprint density at radius 2 is 1.12 bits per heavy atom. The van der Waals surface area contributed by atoms with Crippen LogP contribution in [0.25, 0.3) is 0 Å². The van der Waals surface area contributed by atoms with Gasteiger partial charge in [0.2, 0.25) is 0 Å². The molecule has 0 fully saturated rings. The molecule has 0 saturated heterocycles. The molecule has 0 aromatic heterocycles. The molecule has 0 spiro atoms. The Labute approximate surface area is 106 Å². The van der Waals surface area contributed by atoms with Gasteiger partial charge >= 0.3 is 0 Å². The summed E-state index contributed by atoms with van der Waals surface area (Å²) in [5.41, 5.74) is 5.54. The minimum atomic E-state index is 0.236. The molecule has 1 heteroatoms. The monoisotopic (exact) mass is 232 g/mol. The van der Waals surface area contributed by atoms with Crippen LogP contribution in [0.2, 0.25) is 0 Å². The summed E-state index contributed by atoms with van der Waals surface area (Å²) in [6.45, 7) is 12.3. The van der Waals surface area contributed by atoms with E-state index >= 15 is 0 Å². The summed E-state index contributed by atoms with van der Waals surface area (Å²) in [4.78, 5) is 0. The van der Waals surface area contributed by atoms with E-state index in [4.69, 9.17) is 4.74 Å². The summed E-state index contributed by atoms with van der Waals surface area (Å²) in [6.07, 6.45) is 4.80. The van der Waals surface area contributed by atoms with E-state index in [2.05, 4.69) is 38.1 Å². The second-order valence-corrected chi connectivity index (χ2v) is 3.89. The zero-order chi connectivity index (χ0) is 13.0. The van der Waals surface area contributed by atoms with Crippen LogP contribution in [0.5, 0.6) is 0 Å². The van der Waals surface area contributed by atoms with Crippen molar-refractivity contribution in [3.63, 3.8) is 0 Å². The Morgan fingerprint density at radius 1 is 0.765 bits per heavy atom. The average Bonchev–Trinajstić information content (AvgIpc) is 3.00. The number of hydrogen-bond donors (Lipinski definition) is 0. The fourth-order valence-corrected chi connectivity index (χ4v) is 2.39. The summed E-state index contributed by atoms with van der Waals surface area (Å²) in [5, 5.41) is 0. The van der Waals surface area contributed by atoms with Crippen LogP contribution in [-0.2, 0) is 4.74 Å². The molecule has 2 atom stereocenters. The average molecular weight is 232 g/mol. The normalized spacial score (nSPS) is 22.2. The van der Waals surface area contributed by atoms with Crippen LogP contribution >= 0.6 is 0 Å². The van der Waals surface area contributed by atoms with Gasteiger partial charge in [0.05, 0.1) is 0 Å². The summed E-state index contributed by atoms with van der Waals surface area (Å²) in [5.74, 6) is 0. The predicted octanol–water partition coefficient (Wildman–Crippen LogP) is 5.04. The minimum Gasteiger partial charge on any atom is -0.357 e. The van der Waals surface area contributed by atoms with Gasteiger partial charge in [-0.25, -0.2) is 0 Å². The van der Waals surface area contributed by atoms with Gasteiger partial charge in [-0.15, -0.1) is 0 Å². The molecule has 0 N–H and O–H groups in total. The van der Waals surface area contributed by atoms with E-state index in [0.717, 1.165) is 0 Å². The molecule has 2 heterocycles. The van der Waals surface area contributed by atoms with E-state index in [1.807, 2.05) is 27.7 Å². The molecule has 3 rings (SSSR count). The highest BCUT2D eigenvalue weighted by atomic mass is 16.5. The lowest BCUT2D eigenvalue weighted by molar-refractivity contribution is 0.0875. The largest absolute Gasteiger partial charge is 0.357 e. The number of benzene rings is 1. The van der Waals surface area contributed by atoms with Crippen LogP contribution in [-0.4, -0.2) is 0 Å². The van der Waals surface area contributed by atoms with E-state index in [1.54, 1.807) is 0 Å². The lowest BCUT2D eigenvalue weighted by atomic mass is 9.90. The van der Waals surface area contributed by atoms with E-state index in [1.165, 1.54) is 22.3 Å². The first kappa shape index (κ1) is 14.0. The molecule has 2 aliphatic heterocycles. The molecule has 1 nitrogen and oxygen atoms in total. The maximum atomic E-state index is 5.79. The molecule has 1 aromatic rings. The van der Waals surface area contributed by atoms with Gasteiger partial charge in [0.15, 0.2) is 0 Å². The highest BCUT2D eigenvalue weighted by Gasteiger charge is 2.35. The Bertz CT molecular complexity index is 367. The summed E-state index contributed by atoms with van der Waals surface area (Å²) in [7, 11) is 0. The van der Waals surface area contributed by atoms with Gasteiger partial charge < -0.3 is 4.74 Å². The van der Waals surface area contributed by atoms with Gasteiger partial charge in [0.25, 0.3) is 0 Å². The van der Waals surface area contributed by atoms with Gasteiger partial charge in [-0.1, -0.05) is 52.0 Å². The van der Waals surface area contributed by atoms with Crippen molar-refractivity contribution in [1.82, 2.24) is 0 Å². The zero-order valence-corrected chi connectivity index (χ0v) is 11.9. The molecule has 17 heavy (non-hydrogen) atoms. The van der Waals surface area contributed by atoms with Gasteiger partial charge in [-0.3, -0.25) is 0 Å². The fraction of sp³-hybridized carbons (Fsp3) is 0.500. The minimum absolute atomic E-state index is 0.236. The molecule has 0 radical (unpaired) electrons. The number of aryl methyl sites for hydroxylation is 2. The SMILES string of the molecule is CC.CC.Cc1ccc(C)c2c1C1C=CC2O1. The summed E-state index contributed by atoms with van der Waals surface area (Å²) < 4.78 is 5.79. The molecule has 1 aromatic carbocycles. The van der Waals surface area contributed by atoms with E-state index in [-0.39, 0.29) is 12.2 Å². The Kier molecular flexibility index (Phi) is 4.95. The molecule has 2 unspecified atom stereocenters. The van der Waals surface area contributed by atoms with Gasteiger partial charge in [-0.2, -0.15) is 0 Å². The quantitative estimate of drug-likeness (QED) is 0.569. The van der Waals surface area contributed by atoms with Crippen molar-refractivity contribution in [2.24, 2.45) is 0 Å². The highest BCUT2D eigenvalue weighted by Crippen LogP contribution is 2.48. The molecule has 0 amide bonds. The number of ether oxygens (including phenoxy) is 1. The van der Waals surface area contributed by atoms with Crippen LogP contribution in [0.3, 0.4) is 0 Å². The molecular weight excluding hydrogens is 208 g/mol. The van der Waals surface area contributed by atoms with Crippen molar-refractivity contribution >= 4 is 0 Å². The van der Waals surface area contributed by atoms with Crippen molar-refractivity contribution in [3.8, 4) is 0 Å². The Morgan fingerprint density at radius 3 is 1.47 bits per heavy atom. The van der Waals surface area contributed by atoms with Crippen LogP contribution in [0, 0.1) is 13.8 Å². The van der Waals surface area contributed by atoms with Crippen molar-refractivity contribution < 1.29 is 4.74 Å². The first-order valence-electron chi connectivity index (χ1n) is 6.71. The molecule has 2 aliphatic rings. The number of hydrogen-bond acceptors (Lipinski definition) is 1. The van der Waals surface area contributed by atoms with E-state index in [9.17, 15) is 0 Å². The van der Waals surface area contributed by atoms with Crippen LogP contribution in [0.15, 0.2) is 24.3 Å². The van der Waals surface area contributed by atoms with E-state index in [0.29, 0.717) is 0 Å². The lowest BCUT2D eigenvalue weighted by Gasteiger charge is -2.12. The number of fused-ring (bicyclic) bond motifs is 5. The first-order valence-corrected chi connectivity index (χ1v) is 6.71. The third-order valence-electron chi connectivity index (χ3n) is 3.05. The molecule has 2 bridgehead atoms. The second kappa shape index (κ2) is 6.02. The summed E-state index contributed by atoms with van der Waals surface area (Å²) in [6, 6.07) is 4.37. The van der Waals surface area contributed by atoms with Crippen molar-refractivity contribution in [3.05, 3.63) is 46.5 Å². The number of rotatable bonds is 0. The van der Waals surface area contributed by atoms with Crippen LogP contribution in [0.4, 0.5) is 0 Å². The third-order valence-corrected chi connectivity index (χ3v) is 3.05. The fourth-order valence-electron chi connectivity index (χ4n) is 2.39. The lowest BCUT2D eigenvalue weighted by Crippen LogP contribution is -1.98. The third kappa shape index (κ3) is 2.30. The molecule has 94 valence electrons. The van der Waals surface area contributed by atoms with Crippen molar-refractivity contribution in [2.75, 3.05) is 0 Å². The zero-order valence-electron chi connectivity index (χ0n) is 11.9. The molecule has 0 aliphatic carbocycles. The standard InChI is InChI=1S/C12H12O.2C2H6/c1-7-3-4-8(2)12-10-6-5-9(13-10)11(7)12;2*1-2/h3-6,9-10H,1-2H3;2*1-2H3. The Hall–Kier alpha value is -1.08. The van der Waals surface area contributed by atoms with Crippen LogP contribution < -0.4 is 0 Å². The highest BCUT2D eigenvalue weighted by molar-refractivity contribution is 5.50. The second-order valence-electron chi connectivity index (χ2n) is 3.89. The first-order chi connectivity index (χ1) is 8.27. The van der Waals surface area contributed by atoms with Gasteiger partial charge in [-0.05, 0) is 36.1 Å². The van der Waals surface area contributed by atoms with Crippen LogP contribution in [0.1, 0.15) is 62.2 Å². The molecule has 0 saturated carbocycles.